The molecule has 6 nitrogen and oxygen atoms in total. The summed E-state index contributed by atoms with van der Waals surface area (Å²) in [4.78, 5) is 8.23. The molecule has 90 valence electrons. The van der Waals surface area contributed by atoms with Gasteiger partial charge in [0.25, 0.3) is 5.89 Å². The topological polar surface area (TPSA) is 87.1 Å². The Hall–Kier alpha value is -1.95. The standard InChI is InChI=1S/C11H14N4O2/c1-7(16-2)5-10-14-11(17-15-10)8-3-4-9(12)13-6-8/h3-4,6-7H,5H2,1-2H3,(H2,12,13). The van der Waals surface area contributed by atoms with Gasteiger partial charge < -0.3 is 15.0 Å². The lowest BCUT2D eigenvalue weighted by atomic mass is 10.2. The highest BCUT2D eigenvalue weighted by Crippen LogP contribution is 2.17. The maximum absolute atomic E-state index is 5.50. The summed E-state index contributed by atoms with van der Waals surface area (Å²) >= 11 is 0. The molecule has 0 aliphatic carbocycles. The second-order valence-electron chi connectivity index (χ2n) is 3.74. The van der Waals surface area contributed by atoms with Gasteiger partial charge in [-0.1, -0.05) is 5.16 Å². The van der Waals surface area contributed by atoms with Crippen molar-refractivity contribution in [2.75, 3.05) is 12.8 Å². The van der Waals surface area contributed by atoms with Crippen molar-refractivity contribution < 1.29 is 9.26 Å². The van der Waals surface area contributed by atoms with Crippen LogP contribution in [0.4, 0.5) is 5.82 Å². The molecule has 17 heavy (non-hydrogen) atoms. The van der Waals surface area contributed by atoms with Gasteiger partial charge in [-0.05, 0) is 19.1 Å². The third kappa shape index (κ3) is 2.79. The SMILES string of the molecule is COC(C)Cc1noc(-c2ccc(N)nc2)n1. The predicted molar refractivity (Wildman–Crippen MR) is 62.1 cm³/mol. The largest absolute Gasteiger partial charge is 0.384 e. The first kappa shape index (κ1) is 11.5. The van der Waals surface area contributed by atoms with Crippen molar-refractivity contribution in [2.24, 2.45) is 0 Å². The molecule has 1 atom stereocenters. The third-order valence-corrected chi connectivity index (χ3v) is 2.37. The molecule has 1 unspecified atom stereocenters. The van der Waals surface area contributed by atoms with Gasteiger partial charge in [0.2, 0.25) is 0 Å². The summed E-state index contributed by atoms with van der Waals surface area (Å²) < 4.78 is 10.3. The van der Waals surface area contributed by atoms with Crippen LogP contribution < -0.4 is 5.73 Å². The van der Waals surface area contributed by atoms with Gasteiger partial charge in [-0.15, -0.1) is 0 Å². The van der Waals surface area contributed by atoms with Crippen molar-refractivity contribution in [1.29, 1.82) is 0 Å². The summed E-state index contributed by atoms with van der Waals surface area (Å²) in [5, 5.41) is 3.88. The Balaban J connectivity index is 2.15. The van der Waals surface area contributed by atoms with Crippen LogP contribution in [-0.2, 0) is 11.2 Å². The molecule has 0 aliphatic heterocycles. The molecular formula is C11H14N4O2. The molecule has 2 N–H and O–H groups in total. The highest BCUT2D eigenvalue weighted by molar-refractivity contribution is 5.53. The van der Waals surface area contributed by atoms with E-state index in [0.29, 0.717) is 24.0 Å². The normalized spacial score (nSPS) is 12.6. The average molecular weight is 234 g/mol. The Morgan fingerprint density at radius 3 is 2.94 bits per heavy atom. The summed E-state index contributed by atoms with van der Waals surface area (Å²) in [5.74, 6) is 1.52. The first-order chi connectivity index (χ1) is 8.19. The van der Waals surface area contributed by atoms with Crippen LogP contribution in [-0.4, -0.2) is 28.3 Å². The molecule has 6 heteroatoms. The lowest BCUT2D eigenvalue weighted by Gasteiger charge is -2.03. The minimum Gasteiger partial charge on any atom is -0.384 e. The molecular weight excluding hydrogens is 220 g/mol. The van der Waals surface area contributed by atoms with Crippen molar-refractivity contribution in [2.45, 2.75) is 19.4 Å². The highest BCUT2D eigenvalue weighted by atomic mass is 16.5. The molecule has 0 fully saturated rings. The van der Waals surface area contributed by atoms with Crippen LogP contribution in [0.2, 0.25) is 0 Å². The second-order valence-corrected chi connectivity index (χ2v) is 3.74. The van der Waals surface area contributed by atoms with Crippen LogP contribution in [0, 0.1) is 0 Å². The van der Waals surface area contributed by atoms with Gasteiger partial charge >= 0.3 is 0 Å². The summed E-state index contributed by atoms with van der Waals surface area (Å²) in [6, 6.07) is 3.48. The molecule has 0 saturated heterocycles. The van der Waals surface area contributed by atoms with Gasteiger partial charge in [0.05, 0.1) is 11.7 Å². The Bertz CT molecular complexity index is 480. The van der Waals surface area contributed by atoms with Crippen LogP contribution in [0.3, 0.4) is 0 Å². The molecule has 2 rings (SSSR count). The number of anilines is 1. The molecule has 0 aliphatic rings. The van der Waals surface area contributed by atoms with Crippen molar-refractivity contribution in [3.63, 3.8) is 0 Å². The minimum absolute atomic E-state index is 0.0602. The maximum Gasteiger partial charge on any atom is 0.259 e. The Morgan fingerprint density at radius 2 is 2.29 bits per heavy atom. The maximum atomic E-state index is 5.50. The fourth-order valence-electron chi connectivity index (χ4n) is 1.33. The number of pyridine rings is 1. The molecule has 0 radical (unpaired) electrons. The monoisotopic (exact) mass is 234 g/mol. The number of methoxy groups -OCH3 is 1. The zero-order valence-electron chi connectivity index (χ0n) is 9.75. The smallest absolute Gasteiger partial charge is 0.259 e. The van der Waals surface area contributed by atoms with E-state index >= 15 is 0 Å². The molecule has 2 aromatic rings. The number of nitrogen functional groups attached to an aromatic ring is 1. The van der Waals surface area contributed by atoms with E-state index in [1.165, 1.54) is 0 Å². The molecule has 0 aromatic carbocycles. The zero-order chi connectivity index (χ0) is 12.3. The fourth-order valence-corrected chi connectivity index (χ4v) is 1.33. The lowest BCUT2D eigenvalue weighted by molar-refractivity contribution is 0.116. The van der Waals surface area contributed by atoms with E-state index in [1.54, 1.807) is 25.4 Å². The van der Waals surface area contributed by atoms with Gasteiger partial charge in [0, 0.05) is 19.7 Å². The van der Waals surface area contributed by atoms with Crippen LogP contribution in [0.5, 0.6) is 0 Å². The first-order valence-corrected chi connectivity index (χ1v) is 5.26. The van der Waals surface area contributed by atoms with Crippen LogP contribution in [0.25, 0.3) is 11.5 Å². The van der Waals surface area contributed by atoms with Crippen LogP contribution >= 0.6 is 0 Å². The molecule has 0 amide bonds. The van der Waals surface area contributed by atoms with Gasteiger partial charge in [-0.3, -0.25) is 0 Å². The number of ether oxygens (including phenoxy) is 1. The summed E-state index contributed by atoms with van der Waals surface area (Å²) in [6.45, 7) is 1.95. The number of nitrogens with two attached hydrogens (primary N) is 1. The predicted octanol–water partition coefficient (Wildman–Crippen LogP) is 1.29. The van der Waals surface area contributed by atoms with E-state index in [9.17, 15) is 0 Å². The second kappa shape index (κ2) is 4.92. The van der Waals surface area contributed by atoms with Crippen molar-refractivity contribution >= 4 is 5.82 Å². The van der Waals surface area contributed by atoms with Crippen molar-refractivity contribution in [3.8, 4) is 11.5 Å². The van der Waals surface area contributed by atoms with E-state index in [0.717, 1.165) is 5.56 Å². The summed E-state index contributed by atoms with van der Waals surface area (Å²) in [5.41, 5.74) is 6.25. The Morgan fingerprint density at radius 1 is 1.47 bits per heavy atom. The molecule has 0 spiro atoms. The number of hydrogen-bond donors (Lipinski definition) is 1. The molecule has 2 aromatic heterocycles. The molecule has 0 bridgehead atoms. The summed E-state index contributed by atoms with van der Waals surface area (Å²) in [7, 11) is 1.65. The molecule has 2 heterocycles. The van der Waals surface area contributed by atoms with Crippen LogP contribution in [0.1, 0.15) is 12.7 Å². The number of hydrogen-bond acceptors (Lipinski definition) is 6. The van der Waals surface area contributed by atoms with Crippen molar-refractivity contribution in [3.05, 3.63) is 24.2 Å². The number of aromatic nitrogens is 3. The van der Waals surface area contributed by atoms with E-state index < -0.39 is 0 Å². The van der Waals surface area contributed by atoms with Gasteiger partial charge in [0.15, 0.2) is 5.82 Å². The Kier molecular flexibility index (Phi) is 3.34. The third-order valence-electron chi connectivity index (χ3n) is 2.37. The quantitative estimate of drug-likeness (QED) is 0.857. The average Bonchev–Trinajstić information content (AvgIpc) is 2.78. The first-order valence-electron chi connectivity index (χ1n) is 5.26. The Labute approximate surface area is 98.8 Å². The van der Waals surface area contributed by atoms with E-state index in [4.69, 9.17) is 15.0 Å². The van der Waals surface area contributed by atoms with Crippen LogP contribution in [0.15, 0.2) is 22.9 Å². The van der Waals surface area contributed by atoms with Gasteiger partial charge in [-0.25, -0.2) is 4.98 Å². The minimum atomic E-state index is 0.0602. The lowest BCUT2D eigenvalue weighted by Crippen LogP contribution is -2.09. The number of nitrogens with zero attached hydrogens (tertiary/aromatic N) is 3. The highest BCUT2D eigenvalue weighted by Gasteiger charge is 2.11. The fraction of sp³-hybridized carbons (Fsp3) is 0.364. The van der Waals surface area contributed by atoms with Crippen molar-refractivity contribution in [1.82, 2.24) is 15.1 Å². The summed E-state index contributed by atoms with van der Waals surface area (Å²) in [6.07, 6.45) is 2.28. The molecule has 0 saturated carbocycles. The van der Waals surface area contributed by atoms with Gasteiger partial charge in [-0.2, -0.15) is 4.98 Å². The van der Waals surface area contributed by atoms with Gasteiger partial charge in [0.1, 0.15) is 5.82 Å². The van der Waals surface area contributed by atoms with E-state index in [-0.39, 0.29) is 6.10 Å². The number of rotatable bonds is 4. The van der Waals surface area contributed by atoms with E-state index in [1.807, 2.05) is 6.92 Å². The zero-order valence-corrected chi connectivity index (χ0v) is 9.75. The van der Waals surface area contributed by atoms with E-state index in [2.05, 4.69) is 15.1 Å².